The monoisotopic (exact) mass is 280 g/mol. The van der Waals surface area contributed by atoms with Gasteiger partial charge in [-0.15, -0.1) is 0 Å². The average Bonchev–Trinajstić information content (AvgIpc) is 2.38. The molecule has 7 heteroatoms. The van der Waals surface area contributed by atoms with Crippen LogP contribution in [0.2, 0.25) is 0 Å². The van der Waals surface area contributed by atoms with Gasteiger partial charge < -0.3 is 18.9 Å². The minimum Gasteiger partial charge on any atom is -0.511 e. The van der Waals surface area contributed by atoms with Crippen molar-refractivity contribution < 1.29 is 28.3 Å². The van der Waals surface area contributed by atoms with Crippen molar-refractivity contribution >= 4 is 13.6 Å². The number of aliphatic hydroxyl groups is 1. The molecule has 0 radical (unpaired) electrons. The average molecular weight is 280 g/mol. The first-order valence-electron chi connectivity index (χ1n) is 5.69. The standard InChI is InChI=1S/C11H21O6P/c1-5-6-7-8-9(12)10(11(13)15-2)18(14,16-3)17-4/h12H,5-8H2,1-4H3/b10-9-. The number of esters is 1. The second-order valence-corrected chi connectivity index (χ2v) is 5.78. The molecule has 0 aromatic heterocycles. The Bertz CT molecular complexity index is 341. The van der Waals surface area contributed by atoms with E-state index in [1.165, 1.54) is 0 Å². The predicted octanol–water partition coefficient (Wildman–Crippen LogP) is 3.00. The van der Waals surface area contributed by atoms with Gasteiger partial charge in [0, 0.05) is 20.6 Å². The van der Waals surface area contributed by atoms with E-state index < -0.39 is 18.9 Å². The number of hydrogen-bond donors (Lipinski definition) is 1. The van der Waals surface area contributed by atoms with Crippen molar-refractivity contribution in [2.45, 2.75) is 32.6 Å². The molecule has 0 atom stereocenters. The minimum atomic E-state index is -3.81. The molecule has 0 unspecified atom stereocenters. The van der Waals surface area contributed by atoms with Gasteiger partial charge in [-0.3, -0.25) is 4.57 Å². The number of carbonyl (C=O) groups is 1. The van der Waals surface area contributed by atoms with Crippen LogP contribution in [-0.2, 0) is 23.1 Å². The van der Waals surface area contributed by atoms with Gasteiger partial charge in [-0.25, -0.2) is 4.79 Å². The van der Waals surface area contributed by atoms with E-state index in [0.29, 0.717) is 6.42 Å². The molecule has 18 heavy (non-hydrogen) atoms. The summed E-state index contributed by atoms with van der Waals surface area (Å²) in [7, 11) is -0.387. The van der Waals surface area contributed by atoms with Gasteiger partial charge in [0.1, 0.15) is 5.76 Å². The first kappa shape index (κ1) is 17.2. The van der Waals surface area contributed by atoms with E-state index in [1.807, 2.05) is 6.92 Å². The van der Waals surface area contributed by atoms with Crippen LogP contribution < -0.4 is 0 Å². The number of hydrogen-bond acceptors (Lipinski definition) is 6. The molecule has 0 bridgehead atoms. The Balaban J connectivity index is 5.27. The maximum absolute atomic E-state index is 12.2. The third kappa shape index (κ3) is 4.44. The molecule has 0 aliphatic carbocycles. The fraction of sp³-hybridized carbons (Fsp3) is 0.727. The summed E-state index contributed by atoms with van der Waals surface area (Å²) in [6, 6.07) is 0. The number of carbonyl (C=O) groups excluding carboxylic acids is 1. The SMILES string of the molecule is CCCCC/C(O)=C(\C(=O)OC)P(=O)(OC)OC. The molecule has 6 nitrogen and oxygen atoms in total. The van der Waals surface area contributed by atoms with Gasteiger partial charge in [0.15, 0.2) is 5.31 Å². The van der Waals surface area contributed by atoms with E-state index in [9.17, 15) is 14.5 Å². The smallest absolute Gasteiger partial charge is 0.371 e. The van der Waals surface area contributed by atoms with Crippen molar-refractivity contribution in [3.63, 3.8) is 0 Å². The molecule has 0 heterocycles. The summed E-state index contributed by atoms with van der Waals surface area (Å²) in [6.45, 7) is 2.01. The van der Waals surface area contributed by atoms with E-state index >= 15 is 0 Å². The number of aliphatic hydroxyl groups excluding tert-OH is 1. The first-order valence-corrected chi connectivity index (χ1v) is 7.23. The summed E-state index contributed by atoms with van der Waals surface area (Å²) < 4.78 is 26.1. The van der Waals surface area contributed by atoms with Gasteiger partial charge in [0.2, 0.25) is 0 Å². The Morgan fingerprint density at radius 2 is 1.72 bits per heavy atom. The van der Waals surface area contributed by atoms with Gasteiger partial charge >= 0.3 is 13.6 Å². The third-order valence-electron chi connectivity index (χ3n) is 2.42. The largest absolute Gasteiger partial charge is 0.511 e. The zero-order valence-corrected chi connectivity index (χ0v) is 12.2. The topological polar surface area (TPSA) is 82.1 Å². The molecule has 106 valence electrons. The molecule has 0 amide bonds. The van der Waals surface area contributed by atoms with Crippen LogP contribution >= 0.6 is 7.60 Å². The summed E-state index contributed by atoms with van der Waals surface area (Å²) in [5.74, 6) is -1.21. The fourth-order valence-electron chi connectivity index (χ4n) is 1.40. The second-order valence-electron chi connectivity index (χ2n) is 3.61. The highest BCUT2D eigenvalue weighted by Crippen LogP contribution is 2.56. The number of ether oxygens (including phenoxy) is 1. The summed E-state index contributed by atoms with van der Waals surface area (Å²) in [6.07, 6.45) is 2.76. The van der Waals surface area contributed by atoms with Crippen molar-refractivity contribution in [1.29, 1.82) is 0 Å². The third-order valence-corrected chi connectivity index (χ3v) is 4.37. The Kier molecular flexibility index (Phi) is 7.91. The number of allylic oxidation sites excluding steroid dienone is 1. The lowest BCUT2D eigenvalue weighted by molar-refractivity contribution is -0.135. The fourth-order valence-corrected chi connectivity index (χ4v) is 2.66. The van der Waals surface area contributed by atoms with Crippen molar-refractivity contribution in [3.8, 4) is 0 Å². The molecule has 0 aromatic carbocycles. The lowest BCUT2D eigenvalue weighted by atomic mass is 10.2. The molecule has 0 saturated carbocycles. The van der Waals surface area contributed by atoms with Gasteiger partial charge in [-0.05, 0) is 6.42 Å². The lowest BCUT2D eigenvalue weighted by Crippen LogP contribution is -2.11. The molecule has 0 saturated heterocycles. The molecule has 0 aliphatic heterocycles. The van der Waals surface area contributed by atoms with Crippen LogP contribution in [0.25, 0.3) is 0 Å². The zero-order chi connectivity index (χ0) is 14.2. The highest BCUT2D eigenvalue weighted by atomic mass is 31.2. The highest BCUT2D eigenvalue weighted by molar-refractivity contribution is 7.59. The Morgan fingerprint density at radius 1 is 1.17 bits per heavy atom. The van der Waals surface area contributed by atoms with Gasteiger partial charge in [0.25, 0.3) is 0 Å². The second kappa shape index (κ2) is 8.29. The van der Waals surface area contributed by atoms with Gasteiger partial charge in [0.05, 0.1) is 7.11 Å². The van der Waals surface area contributed by atoms with E-state index in [0.717, 1.165) is 34.2 Å². The van der Waals surface area contributed by atoms with Crippen LogP contribution in [0.3, 0.4) is 0 Å². The highest BCUT2D eigenvalue weighted by Gasteiger charge is 2.37. The van der Waals surface area contributed by atoms with Crippen molar-refractivity contribution in [2.24, 2.45) is 0 Å². The van der Waals surface area contributed by atoms with E-state index in [2.05, 4.69) is 4.74 Å². The predicted molar refractivity (Wildman–Crippen MR) is 67.4 cm³/mol. The molecule has 1 N–H and O–H groups in total. The van der Waals surface area contributed by atoms with Gasteiger partial charge in [-0.1, -0.05) is 19.8 Å². The van der Waals surface area contributed by atoms with Crippen molar-refractivity contribution in [1.82, 2.24) is 0 Å². The molecular weight excluding hydrogens is 259 g/mol. The Morgan fingerprint density at radius 3 is 2.11 bits per heavy atom. The van der Waals surface area contributed by atoms with Crippen molar-refractivity contribution in [2.75, 3.05) is 21.3 Å². The Labute approximate surface area is 107 Å². The van der Waals surface area contributed by atoms with E-state index in [4.69, 9.17) is 9.05 Å². The van der Waals surface area contributed by atoms with E-state index in [1.54, 1.807) is 0 Å². The maximum atomic E-state index is 12.2. The molecular formula is C11H21O6P. The quantitative estimate of drug-likeness (QED) is 0.242. The molecule has 0 aliphatic rings. The van der Waals surface area contributed by atoms with Crippen LogP contribution in [0, 0.1) is 0 Å². The molecule has 0 aromatic rings. The number of unbranched alkanes of at least 4 members (excludes halogenated alkanes) is 2. The van der Waals surface area contributed by atoms with Crippen LogP contribution in [-0.4, -0.2) is 32.4 Å². The van der Waals surface area contributed by atoms with Crippen LogP contribution in [0.4, 0.5) is 0 Å². The van der Waals surface area contributed by atoms with Crippen LogP contribution in [0.1, 0.15) is 32.6 Å². The summed E-state index contributed by atoms with van der Waals surface area (Å²) in [5.41, 5.74) is 0. The zero-order valence-electron chi connectivity index (χ0n) is 11.3. The Hall–Kier alpha value is -0.840. The summed E-state index contributed by atoms with van der Waals surface area (Å²) >= 11 is 0. The summed E-state index contributed by atoms with van der Waals surface area (Å²) in [4.78, 5) is 11.6. The number of rotatable bonds is 8. The van der Waals surface area contributed by atoms with Crippen LogP contribution in [0.15, 0.2) is 11.1 Å². The molecule has 0 spiro atoms. The van der Waals surface area contributed by atoms with Crippen molar-refractivity contribution in [3.05, 3.63) is 11.1 Å². The van der Waals surface area contributed by atoms with E-state index in [-0.39, 0.29) is 12.2 Å². The van der Waals surface area contributed by atoms with Crippen LogP contribution in [0.5, 0.6) is 0 Å². The maximum Gasteiger partial charge on any atom is 0.371 e. The van der Waals surface area contributed by atoms with Gasteiger partial charge in [-0.2, -0.15) is 0 Å². The number of methoxy groups -OCH3 is 1. The molecule has 0 rings (SSSR count). The molecule has 0 fully saturated rings. The minimum absolute atomic E-state index is 0.231. The first-order chi connectivity index (χ1) is 8.46. The normalized spacial score (nSPS) is 13.1. The summed E-state index contributed by atoms with van der Waals surface area (Å²) in [5, 5.41) is 9.46. The lowest BCUT2D eigenvalue weighted by Gasteiger charge is -2.17.